The van der Waals surface area contributed by atoms with E-state index in [0.29, 0.717) is 17.6 Å². The molecule has 1 saturated heterocycles. The topological polar surface area (TPSA) is 157 Å². The Morgan fingerprint density at radius 2 is 2.00 bits per heavy atom. The average Bonchev–Trinajstić information content (AvgIpc) is 3.15. The molecule has 29 heavy (non-hydrogen) atoms. The molecule has 1 aliphatic heterocycles. The van der Waals surface area contributed by atoms with Gasteiger partial charge in [-0.3, -0.25) is 8.75 Å². The minimum atomic E-state index is -4.10. The maximum atomic E-state index is 11.3. The van der Waals surface area contributed by atoms with Crippen LogP contribution in [0.3, 0.4) is 0 Å². The molecule has 3 atom stereocenters. The summed E-state index contributed by atoms with van der Waals surface area (Å²) in [6.45, 7) is 10.4. The second-order valence-corrected chi connectivity index (χ2v) is 14.6. The third-order valence-electron chi connectivity index (χ3n) is 5.53. The van der Waals surface area contributed by atoms with Gasteiger partial charge < -0.3 is 14.9 Å². The lowest BCUT2D eigenvalue weighted by molar-refractivity contribution is -0.0349. The molecule has 0 unspecified atom stereocenters. The van der Waals surface area contributed by atoms with Crippen molar-refractivity contribution in [3.05, 3.63) is 12.7 Å². The second-order valence-electron chi connectivity index (χ2n) is 8.64. The average molecular weight is 445 g/mol. The Kier molecular flexibility index (Phi) is 5.75. The van der Waals surface area contributed by atoms with Crippen LogP contribution in [-0.2, 0) is 23.7 Å². The number of hydrogen-bond donors (Lipinski definition) is 2. The minimum absolute atomic E-state index is 0.0280. The number of aromatic nitrogens is 4. The van der Waals surface area contributed by atoms with E-state index in [9.17, 15) is 8.42 Å². The van der Waals surface area contributed by atoms with Gasteiger partial charge in [-0.15, -0.1) is 0 Å². The van der Waals surface area contributed by atoms with Gasteiger partial charge >= 0.3 is 10.3 Å². The van der Waals surface area contributed by atoms with Gasteiger partial charge in [-0.1, -0.05) is 20.8 Å². The molecule has 0 spiro atoms. The van der Waals surface area contributed by atoms with E-state index in [1.54, 1.807) is 10.9 Å². The van der Waals surface area contributed by atoms with Crippen molar-refractivity contribution in [3.63, 3.8) is 0 Å². The molecule has 1 aliphatic rings. The standard InChI is InChI=1S/C16H28N6O5SSi/c1-16(2,3)29(4,5)27-10-6-12(26-11(10)7-25-28(18,23)24)22-9-21-13-14(17)19-8-20-15(13)22/h8-12H,6-7H2,1-5H3,(H2,17,19,20)(H2,18,23,24)/t10-,11+,12+/m0/s1. The van der Waals surface area contributed by atoms with E-state index < -0.39 is 31.0 Å². The van der Waals surface area contributed by atoms with Gasteiger partial charge in [-0.2, -0.15) is 8.42 Å². The second kappa shape index (κ2) is 7.56. The molecule has 0 aliphatic carbocycles. The highest BCUT2D eigenvalue weighted by Gasteiger charge is 2.45. The zero-order valence-corrected chi connectivity index (χ0v) is 19.0. The van der Waals surface area contributed by atoms with Gasteiger partial charge in [0.15, 0.2) is 19.8 Å². The van der Waals surface area contributed by atoms with Crippen LogP contribution in [0.4, 0.5) is 5.82 Å². The summed E-state index contributed by atoms with van der Waals surface area (Å²) in [7, 11) is -6.25. The quantitative estimate of drug-likeness (QED) is 0.626. The van der Waals surface area contributed by atoms with Gasteiger partial charge in [0.1, 0.15) is 24.2 Å². The van der Waals surface area contributed by atoms with Crippen molar-refractivity contribution in [3.8, 4) is 0 Å². The van der Waals surface area contributed by atoms with Crippen molar-refractivity contribution in [1.29, 1.82) is 0 Å². The summed E-state index contributed by atoms with van der Waals surface area (Å²) in [4.78, 5) is 12.5. The molecule has 1 fully saturated rings. The third kappa shape index (κ3) is 4.75. The highest BCUT2D eigenvalue weighted by atomic mass is 32.2. The molecule has 3 rings (SSSR count). The van der Waals surface area contributed by atoms with Crippen LogP contribution in [0.15, 0.2) is 12.7 Å². The lowest BCUT2D eigenvalue weighted by Crippen LogP contribution is -2.46. The summed E-state index contributed by atoms with van der Waals surface area (Å²) in [5.41, 5.74) is 6.87. The first-order valence-electron chi connectivity index (χ1n) is 9.22. The number of ether oxygens (including phenoxy) is 1. The first kappa shape index (κ1) is 22.1. The van der Waals surface area contributed by atoms with Crippen LogP contribution in [0.2, 0.25) is 18.1 Å². The summed E-state index contributed by atoms with van der Waals surface area (Å²) in [6, 6.07) is 0. The van der Waals surface area contributed by atoms with Crippen molar-refractivity contribution in [2.24, 2.45) is 5.14 Å². The zero-order valence-electron chi connectivity index (χ0n) is 17.2. The number of hydrogen-bond acceptors (Lipinski definition) is 9. The van der Waals surface area contributed by atoms with Crippen molar-refractivity contribution in [2.75, 3.05) is 12.3 Å². The Morgan fingerprint density at radius 1 is 1.31 bits per heavy atom. The Labute approximate surface area is 171 Å². The Balaban J connectivity index is 1.88. The van der Waals surface area contributed by atoms with Crippen molar-refractivity contribution in [2.45, 2.75) is 63.8 Å². The van der Waals surface area contributed by atoms with Gasteiger partial charge in [-0.25, -0.2) is 20.1 Å². The van der Waals surface area contributed by atoms with Gasteiger partial charge in [0.2, 0.25) is 0 Å². The molecule has 0 bridgehead atoms. The summed E-state index contributed by atoms with van der Waals surface area (Å²) in [5.74, 6) is 0.273. The number of fused-ring (bicyclic) bond motifs is 1. The molecule has 0 radical (unpaired) electrons. The third-order valence-corrected chi connectivity index (χ3v) is 10.5. The maximum absolute atomic E-state index is 11.3. The summed E-state index contributed by atoms with van der Waals surface area (Å²) < 4.78 is 41.7. The number of nitrogens with two attached hydrogens (primary N) is 2. The van der Waals surface area contributed by atoms with Crippen LogP contribution in [0.5, 0.6) is 0 Å². The van der Waals surface area contributed by atoms with E-state index in [-0.39, 0.29) is 23.6 Å². The van der Waals surface area contributed by atoms with Crippen LogP contribution >= 0.6 is 0 Å². The molecule has 0 saturated carbocycles. The van der Waals surface area contributed by atoms with Gasteiger partial charge in [0.05, 0.1) is 19.0 Å². The molecule has 13 heteroatoms. The lowest BCUT2D eigenvalue weighted by Gasteiger charge is -2.39. The van der Waals surface area contributed by atoms with Gasteiger partial charge in [0, 0.05) is 6.42 Å². The highest BCUT2D eigenvalue weighted by Crippen LogP contribution is 2.41. The molecule has 4 N–H and O–H groups in total. The molecule has 2 aromatic heterocycles. The SMILES string of the molecule is CC(C)(C)[Si](C)(C)O[C@H]1C[C@H](n2cnc3c(N)ncnc32)O[C@@H]1COS(N)(=O)=O. The molecule has 3 heterocycles. The lowest BCUT2D eigenvalue weighted by atomic mass is 10.2. The van der Waals surface area contributed by atoms with Crippen LogP contribution in [-0.4, -0.2) is 55.1 Å². The molecular formula is C16H28N6O5SSi. The summed E-state index contributed by atoms with van der Waals surface area (Å²) in [6.07, 6.45) is 1.94. The van der Waals surface area contributed by atoms with Crippen LogP contribution in [0.1, 0.15) is 33.4 Å². The van der Waals surface area contributed by atoms with Crippen molar-refractivity contribution < 1.29 is 21.8 Å². The zero-order chi connectivity index (χ0) is 21.6. The molecule has 0 aromatic carbocycles. The normalized spacial score (nSPS) is 23.7. The number of nitrogen functional groups attached to an aromatic ring is 1. The van der Waals surface area contributed by atoms with E-state index in [2.05, 4.69) is 48.8 Å². The molecule has 162 valence electrons. The Hall–Kier alpha value is -1.64. The van der Waals surface area contributed by atoms with Crippen LogP contribution in [0, 0.1) is 0 Å². The predicted molar refractivity (Wildman–Crippen MR) is 109 cm³/mol. The van der Waals surface area contributed by atoms with E-state index in [1.807, 2.05) is 0 Å². The number of rotatable bonds is 6. The Bertz CT molecular complexity index is 989. The Morgan fingerprint density at radius 3 is 2.62 bits per heavy atom. The van der Waals surface area contributed by atoms with Crippen molar-refractivity contribution >= 4 is 35.6 Å². The summed E-state index contributed by atoms with van der Waals surface area (Å²) in [5, 5.41) is 4.96. The fourth-order valence-corrected chi connectivity index (χ4v) is 4.63. The first-order valence-corrected chi connectivity index (χ1v) is 13.6. The van der Waals surface area contributed by atoms with Gasteiger partial charge in [0.25, 0.3) is 0 Å². The van der Waals surface area contributed by atoms with E-state index in [0.717, 1.165) is 0 Å². The highest BCUT2D eigenvalue weighted by molar-refractivity contribution is 7.84. The molecule has 2 aromatic rings. The smallest absolute Gasteiger partial charge is 0.333 e. The van der Waals surface area contributed by atoms with Crippen LogP contribution < -0.4 is 10.9 Å². The van der Waals surface area contributed by atoms with E-state index in [4.69, 9.17) is 24.2 Å². The minimum Gasteiger partial charge on any atom is -0.411 e. The maximum Gasteiger partial charge on any atom is 0.333 e. The van der Waals surface area contributed by atoms with E-state index >= 15 is 0 Å². The molecule has 11 nitrogen and oxygen atoms in total. The van der Waals surface area contributed by atoms with Crippen molar-refractivity contribution in [1.82, 2.24) is 19.5 Å². The van der Waals surface area contributed by atoms with Crippen LogP contribution in [0.25, 0.3) is 11.2 Å². The number of nitrogens with zero attached hydrogens (tertiary/aromatic N) is 4. The largest absolute Gasteiger partial charge is 0.411 e. The number of imidazole rings is 1. The van der Waals surface area contributed by atoms with E-state index in [1.165, 1.54) is 6.33 Å². The summed E-state index contributed by atoms with van der Waals surface area (Å²) >= 11 is 0. The number of anilines is 1. The predicted octanol–water partition coefficient (Wildman–Crippen LogP) is 1.31. The molecule has 0 amide bonds. The fourth-order valence-electron chi connectivity index (χ4n) is 2.94. The van der Waals surface area contributed by atoms with Gasteiger partial charge in [-0.05, 0) is 18.1 Å². The first-order chi connectivity index (χ1) is 13.3. The molecular weight excluding hydrogens is 416 g/mol. The monoisotopic (exact) mass is 444 g/mol. The fraction of sp³-hybridized carbons (Fsp3) is 0.688.